The lowest BCUT2D eigenvalue weighted by Crippen LogP contribution is -2.23. The maximum absolute atomic E-state index is 12.9. The Bertz CT molecular complexity index is 1260. The quantitative estimate of drug-likeness (QED) is 0.407. The van der Waals surface area contributed by atoms with Crippen molar-refractivity contribution in [1.29, 1.82) is 0 Å². The Balaban J connectivity index is 1.59. The van der Waals surface area contributed by atoms with E-state index in [2.05, 4.69) is 15.5 Å². The number of halogens is 4. The van der Waals surface area contributed by atoms with E-state index in [1.54, 1.807) is 6.92 Å². The van der Waals surface area contributed by atoms with Crippen molar-refractivity contribution in [3.05, 3.63) is 65.2 Å². The fourth-order valence-corrected chi connectivity index (χ4v) is 3.96. The van der Waals surface area contributed by atoms with E-state index in [0.717, 1.165) is 40.9 Å². The van der Waals surface area contributed by atoms with Gasteiger partial charge in [0.1, 0.15) is 0 Å². The molecule has 0 saturated carbocycles. The van der Waals surface area contributed by atoms with Crippen LogP contribution in [0, 0.1) is 0 Å². The number of nitrogens with zero attached hydrogens (tertiary/aromatic N) is 3. The number of thioether (sulfide) groups is 1. The molecule has 0 bridgehead atoms. The summed E-state index contributed by atoms with van der Waals surface area (Å²) in [5.41, 5.74) is 0.527. The first-order chi connectivity index (χ1) is 14.2. The van der Waals surface area contributed by atoms with Crippen molar-refractivity contribution in [3.63, 3.8) is 0 Å². The van der Waals surface area contributed by atoms with Crippen LogP contribution in [0.1, 0.15) is 12.5 Å². The number of carbonyl (C=O) groups excluding carboxylic acids is 1. The number of aromatic nitrogens is 3. The summed E-state index contributed by atoms with van der Waals surface area (Å²) in [5.74, 6) is -0.502. The fourth-order valence-electron chi connectivity index (χ4n) is 2.93. The topological polar surface area (TPSA) is 59.3 Å². The third kappa shape index (κ3) is 3.95. The Kier molecular flexibility index (Phi) is 5.33. The van der Waals surface area contributed by atoms with Crippen LogP contribution in [0.15, 0.2) is 59.8 Å². The van der Waals surface area contributed by atoms with Crippen molar-refractivity contribution in [3.8, 4) is 0 Å². The monoisotopic (exact) mass is 450 g/mol. The van der Waals surface area contributed by atoms with E-state index in [1.807, 2.05) is 40.8 Å². The van der Waals surface area contributed by atoms with Crippen molar-refractivity contribution in [2.24, 2.45) is 0 Å². The summed E-state index contributed by atoms with van der Waals surface area (Å²) < 4.78 is 40.7. The van der Waals surface area contributed by atoms with Gasteiger partial charge in [0.05, 0.1) is 27.0 Å². The van der Waals surface area contributed by atoms with Gasteiger partial charge in [-0.25, -0.2) is 0 Å². The van der Waals surface area contributed by atoms with E-state index in [4.69, 9.17) is 11.6 Å². The molecule has 154 valence electrons. The molecule has 0 fully saturated rings. The molecule has 0 saturated heterocycles. The zero-order chi connectivity index (χ0) is 21.5. The molecule has 4 rings (SSSR count). The largest absolute Gasteiger partial charge is 0.416 e. The molecule has 0 aliphatic carbocycles. The number of anilines is 1. The van der Waals surface area contributed by atoms with Crippen LogP contribution in [-0.4, -0.2) is 25.8 Å². The molecule has 30 heavy (non-hydrogen) atoms. The molecule has 2 aromatic carbocycles. The van der Waals surface area contributed by atoms with E-state index in [9.17, 15) is 18.0 Å². The molecule has 4 aromatic rings. The van der Waals surface area contributed by atoms with Crippen molar-refractivity contribution in [1.82, 2.24) is 14.6 Å². The summed E-state index contributed by atoms with van der Waals surface area (Å²) in [7, 11) is 0. The number of hydrogen-bond donors (Lipinski definition) is 1. The van der Waals surface area contributed by atoms with Crippen LogP contribution in [0.2, 0.25) is 5.02 Å². The molecule has 10 heteroatoms. The molecule has 1 unspecified atom stereocenters. The van der Waals surface area contributed by atoms with Crippen LogP contribution in [0.25, 0.3) is 16.6 Å². The number of pyridine rings is 1. The van der Waals surface area contributed by atoms with Crippen LogP contribution in [0.5, 0.6) is 0 Å². The minimum atomic E-state index is -4.54. The third-order valence-electron chi connectivity index (χ3n) is 4.45. The third-order valence-corrected chi connectivity index (χ3v) is 5.82. The Morgan fingerprint density at radius 3 is 2.67 bits per heavy atom. The molecule has 1 amide bonds. The summed E-state index contributed by atoms with van der Waals surface area (Å²) in [6, 6.07) is 14.2. The Morgan fingerprint density at radius 2 is 1.90 bits per heavy atom. The number of carbonyl (C=O) groups is 1. The molecule has 2 aromatic heterocycles. The SMILES string of the molecule is CC(Sc1nnc2ccc3ccccc3n12)C(=O)Nc1cc(C(F)(F)F)ccc1Cl. The average molecular weight is 451 g/mol. The van der Waals surface area contributed by atoms with Gasteiger partial charge in [-0.05, 0) is 48.7 Å². The van der Waals surface area contributed by atoms with Crippen molar-refractivity contribution >= 4 is 51.5 Å². The van der Waals surface area contributed by atoms with Gasteiger partial charge in [0.15, 0.2) is 10.8 Å². The lowest BCUT2D eigenvalue weighted by Gasteiger charge is -2.14. The standard InChI is InChI=1S/C20H14ClF3N4OS/c1-11(18(29)25-15-10-13(20(22,23)24)7-8-14(15)21)30-19-27-26-17-9-6-12-4-2-3-5-16(12)28(17)19/h2-11H,1H3,(H,25,29). The summed E-state index contributed by atoms with van der Waals surface area (Å²) in [6.45, 7) is 1.63. The van der Waals surface area contributed by atoms with E-state index in [0.29, 0.717) is 10.8 Å². The maximum Gasteiger partial charge on any atom is 0.416 e. The lowest BCUT2D eigenvalue weighted by molar-refractivity contribution is -0.137. The number of nitrogens with one attached hydrogen (secondary N) is 1. The molecule has 0 spiro atoms. The number of alkyl halides is 3. The molecular formula is C20H14ClF3N4OS. The molecule has 1 N–H and O–H groups in total. The Morgan fingerprint density at radius 1 is 1.13 bits per heavy atom. The second-order valence-electron chi connectivity index (χ2n) is 6.51. The van der Waals surface area contributed by atoms with E-state index in [1.165, 1.54) is 0 Å². The first-order valence-electron chi connectivity index (χ1n) is 8.81. The van der Waals surface area contributed by atoms with E-state index >= 15 is 0 Å². The number of fused-ring (bicyclic) bond motifs is 3. The zero-order valence-electron chi connectivity index (χ0n) is 15.4. The summed E-state index contributed by atoms with van der Waals surface area (Å²) in [5, 5.41) is 11.6. The van der Waals surface area contributed by atoms with Crippen LogP contribution in [0.3, 0.4) is 0 Å². The normalized spacial score (nSPS) is 13.0. The second kappa shape index (κ2) is 7.81. The van der Waals surface area contributed by atoms with Gasteiger partial charge in [0.25, 0.3) is 0 Å². The molecule has 0 aliphatic rings. The minimum absolute atomic E-state index is 0.0208. The smallest absolute Gasteiger partial charge is 0.324 e. The zero-order valence-corrected chi connectivity index (χ0v) is 17.0. The highest BCUT2D eigenvalue weighted by Gasteiger charge is 2.31. The van der Waals surface area contributed by atoms with Crippen LogP contribution in [-0.2, 0) is 11.0 Å². The van der Waals surface area contributed by atoms with Gasteiger partial charge < -0.3 is 5.32 Å². The molecule has 0 radical (unpaired) electrons. The summed E-state index contributed by atoms with van der Waals surface area (Å²) in [6.07, 6.45) is -4.54. The average Bonchev–Trinajstić information content (AvgIpc) is 3.12. The highest BCUT2D eigenvalue weighted by Crippen LogP contribution is 2.34. The molecule has 0 aliphatic heterocycles. The Labute approximate surface area is 178 Å². The van der Waals surface area contributed by atoms with Crippen molar-refractivity contribution < 1.29 is 18.0 Å². The first kappa shape index (κ1) is 20.5. The van der Waals surface area contributed by atoms with Gasteiger partial charge in [-0.1, -0.05) is 41.6 Å². The summed E-state index contributed by atoms with van der Waals surface area (Å²) >= 11 is 7.12. The lowest BCUT2D eigenvalue weighted by atomic mass is 10.2. The number of rotatable bonds is 4. The molecule has 5 nitrogen and oxygen atoms in total. The van der Waals surface area contributed by atoms with E-state index in [-0.39, 0.29) is 10.7 Å². The first-order valence-corrected chi connectivity index (χ1v) is 10.1. The van der Waals surface area contributed by atoms with Crippen LogP contribution < -0.4 is 5.32 Å². The summed E-state index contributed by atoms with van der Waals surface area (Å²) in [4.78, 5) is 12.6. The minimum Gasteiger partial charge on any atom is -0.324 e. The van der Waals surface area contributed by atoms with Crippen molar-refractivity contribution in [2.75, 3.05) is 5.32 Å². The number of para-hydroxylation sites is 1. The van der Waals surface area contributed by atoms with E-state index < -0.39 is 22.9 Å². The molecule has 1 atom stereocenters. The number of benzene rings is 2. The fraction of sp³-hybridized carbons (Fsp3) is 0.150. The van der Waals surface area contributed by atoms with Crippen LogP contribution >= 0.6 is 23.4 Å². The van der Waals surface area contributed by atoms with Gasteiger partial charge in [-0.3, -0.25) is 9.20 Å². The van der Waals surface area contributed by atoms with Crippen molar-refractivity contribution in [2.45, 2.75) is 23.5 Å². The van der Waals surface area contributed by atoms with Gasteiger partial charge >= 0.3 is 6.18 Å². The number of amides is 1. The van der Waals surface area contributed by atoms with Gasteiger partial charge in [0.2, 0.25) is 5.91 Å². The van der Waals surface area contributed by atoms with Gasteiger partial charge in [-0.2, -0.15) is 13.2 Å². The van der Waals surface area contributed by atoms with Gasteiger partial charge in [-0.15, -0.1) is 10.2 Å². The van der Waals surface area contributed by atoms with Gasteiger partial charge in [0, 0.05) is 0 Å². The highest BCUT2D eigenvalue weighted by atomic mass is 35.5. The predicted molar refractivity (Wildman–Crippen MR) is 111 cm³/mol. The maximum atomic E-state index is 12.9. The molecule has 2 heterocycles. The van der Waals surface area contributed by atoms with Crippen LogP contribution in [0.4, 0.5) is 18.9 Å². The Hall–Kier alpha value is -2.78. The molecular weight excluding hydrogens is 437 g/mol. The predicted octanol–water partition coefficient (Wildman–Crippen LogP) is 5.67. The number of hydrogen-bond acceptors (Lipinski definition) is 4. The second-order valence-corrected chi connectivity index (χ2v) is 8.23. The highest BCUT2D eigenvalue weighted by molar-refractivity contribution is 8.00.